The maximum Gasteiger partial charge on any atom is 0.573 e. The van der Waals surface area contributed by atoms with Gasteiger partial charge in [-0.2, -0.15) is 0 Å². The number of hydrogen-bond acceptors (Lipinski definition) is 3. The molecule has 2 aromatic carbocycles. The van der Waals surface area contributed by atoms with Gasteiger partial charge in [0, 0.05) is 6.54 Å². The van der Waals surface area contributed by atoms with Crippen molar-refractivity contribution >= 4 is 6.09 Å². The first-order valence-electron chi connectivity index (χ1n) is 12.5. The van der Waals surface area contributed by atoms with Crippen molar-refractivity contribution in [1.29, 1.82) is 0 Å². The largest absolute Gasteiger partial charge is 0.573 e. The average Bonchev–Trinajstić information content (AvgIpc) is 3.61. The van der Waals surface area contributed by atoms with Gasteiger partial charge in [-0.15, -0.1) is 13.2 Å². The summed E-state index contributed by atoms with van der Waals surface area (Å²) in [4.78, 5) is 16.9. The first-order valence-corrected chi connectivity index (χ1v) is 12.5. The van der Waals surface area contributed by atoms with E-state index in [1.165, 1.54) is 12.1 Å². The summed E-state index contributed by atoms with van der Waals surface area (Å²) in [5.41, 5.74) is 4.01. The van der Waals surface area contributed by atoms with Crippen LogP contribution in [0.5, 0.6) is 5.75 Å². The van der Waals surface area contributed by atoms with Gasteiger partial charge >= 0.3 is 12.5 Å². The van der Waals surface area contributed by atoms with Crippen LogP contribution in [0.15, 0.2) is 42.5 Å². The number of rotatable bonds is 4. The normalized spacial score (nSPS) is 28.4. The Hall–Kier alpha value is -2.74. The number of carbonyl (C=O) groups is 1. The molecule has 2 aromatic rings. The molecule has 2 aliphatic carbocycles. The molecule has 3 aliphatic heterocycles. The molecular formula is C27H29F3N2O3. The van der Waals surface area contributed by atoms with Crippen LogP contribution in [0.4, 0.5) is 18.0 Å². The third-order valence-electron chi connectivity index (χ3n) is 8.70. The first kappa shape index (κ1) is 22.7. The number of ether oxygens (including phenoxy) is 1. The number of nitrogens with zero attached hydrogens (tertiary/aromatic N) is 2. The van der Waals surface area contributed by atoms with Crippen LogP contribution in [-0.4, -0.2) is 53.0 Å². The Morgan fingerprint density at radius 3 is 2.29 bits per heavy atom. The van der Waals surface area contributed by atoms with E-state index in [4.69, 9.17) is 0 Å². The third kappa shape index (κ3) is 4.15. The van der Waals surface area contributed by atoms with Crippen molar-refractivity contribution in [2.75, 3.05) is 19.6 Å². The molecule has 7 rings (SSSR count). The molecule has 4 fully saturated rings. The minimum Gasteiger partial charge on any atom is -0.465 e. The van der Waals surface area contributed by atoms with Crippen LogP contribution in [0.1, 0.15) is 49.3 Å². The lowest BCUT2D eigenvalue weighted by Crippen LogP contribution is -2.60. The maximum absolute atomic E-state index is 12.7. The van der Waals surface area contributed by atoms with E-state index in [0.29, 0.717) is 5.92 Å². The van der Waals surface area contributed by atoms with Crippen LogP contribution in [-0.2, 0) is 6.42 Å². The molecule has 1 unspecified atom stereocenters. The topological polar surface area (TPSA) is 53.0 Å². The van der Waals surface area contributed by atoms with Crippen LogP contribution in [0.25, 0.3) is 11.1 Å². The Morgan fingerprint density at radius 1 is 1.03 bits per heavy atom. The van der Waals surface area contributed by atoms with Gasteiger partial charge in [-0.05, 0) is 97.3 Å². The van der Waals surface area contributed by atoms with Gasteiger partial charge in [0.25, 0.3) is 0 Å². The quantitative estimate of drug-likeness (QED) is 0.568. The fraction of sp³-hybridized carbons (Fsp3) is 0.519. The van der Waals surface area contributed by atoms with Crippen LogP contribution >= 0.6 is 0 Å². The molecular weight excluding hydrogens is 457 g/mol. The van der Waals surface area contributed by atoms with E-state index in [1.54, 1.807) is 12.1 Å². The van der Waals surface area contributed by atoms with Crippen molar-refractivity contribution in [1.82, 2.24) is 9.80 Å². The molecule has 2 bridgehead atoms. The monoisotopic (exact) mass is 486 g/mol. The molecule has 0 aromatic heterocycles. The molecule has 3 heterocycles. The fourth-order valence-electron chi connectivity index (χ4n) is 6.79. The van der Waals surface area contributed by atoms with E-state index < -0.39 is 12.5 Å². The lowest BCUT2D eigenvalue weighted by Gasteiger charge is -2.52. The standard InChI is InChI=1S/C27H29F3N2O3/c28-27(29,30)35-21-4-1-17(2-5-21)19-3-6-22-20(15-19)7-10-26(11-12-26)24(22)32(25(33)34)23-16-31-13-8-18(23)9-14-31/h1-6,15,18,23-24H,7-14,16H2,(H,33,34)/t23?,24-/m1/s1. The molecule has 186 valence electrons. The van der Waals surface area contributed by atoms with Crippen LogP contribution in [0.3, 0.4) is 0 Å². The Kier molecular flexibility index (Phi) is 5.29. The highest BCUT2D eigenvalue weighted by atomic mass is 19.4. The summed E-state index contributed by atoms with van der Waals surface area (Å²) in [5, 5.41) is 10.4. The van der Waals surface area contributed by atoms with Crippen molar-refractivity contribution in [3.63, 3.8) is 0 Å². The lowest BCUT2D eigenvalue weighted by atomic mass is 9.73. The Bertz CT molecular complexity index is 1120. The molecule has 1 spiro atoms. The van der Waals surface area contributed by atoms with Crippen molar-refractivity contribution < 1.29 is 27.8 Å². The fourth-order valence-corrected chi connectivity index (χ4v) is 6.79. The van der Waals surface area contributed by atoms with E-state index in [1.807, 2.05) is 11.0 Å². The first-order chi connectivity index (χ1) is 16.7. The smallest absolute Gasteiger partial charge is 0.465 e. The van der Waals surface area contributed by atoms with Crippen LogP contribution < -0.4 is 4.74 Å². The summed E-state index contributed by atoms with van der Waals surface area (Å²) in [5.74, 6) is 0.179. The van der Waals surface area contributed by atoms with Crippen LogP contribution in [0.2, 0.25) is 0 Å². The minimum absolute atomic E-state index is 0.0317. The number of amides is 1. The van der Waals surface area contributed by atoms with Gasteiger partial charge in [0.1, 0.15) is 5.75 Å². The predicted molar refractivity (Wildman–Crippen MR) is 124 cm³/mol. The van der Waals surface area contributed by atoms with Crippen molar-refractivity contribution in [3.8, 4) is 16.9 Å². The summed E-state index contributed by atoms with van der Waals surface area (Å²) in [6.45, 7) is 2.96. The van der Waals surface area contributed by atoms with Crippen LogP contribution in [0, 0.1) is 11.3 Å². The molecule has 35 heavy (non-hydrogen) atoms. The second kappa shape index (κ2) is 8.15. The molecule has 2 atom stereocenters. The summed E-state index contributed by atoms with van der Waals surface area (Å²) in [6, 6.07) is 11.9. The van der Waals surface area contributed by atoms with Gasteiger partial charge in [0.15, 0.2) is 0 Å². The highest BCUT2D eigenvalue weighted by Crippen LogP contribution is 2.63. The van der Waals surface area contributed by atoms with Gasteiger partial charge in [-0.1, -0.05) is 30.3 Å². The molecule has 1 N–H and O–H groups in total. The van der Waals surface area contributed by atoms with Gasteiger partial charge in [0.05, 0.1) is 12.1 Å². The van der Waals surface area contributed by atoms with E-state index in [9.17, 15) is 23.1 Å². The molecule has 5 aliphatic rings. The zero-order valence-electron chi connectivity index (χ0n) is 19.4. The molecule has 3 saturated heterocycles. The van der Waals surface area contributed by atoms with E-state index in [2.05, 4.69) is 21.8 Å². The SMILES string of the molecule is O=C(O)N(C1CN2CCC1CC2)[C@@H]1c2ccc(-c3ccc(OC(F)(F)F)cc3)cc2CCC12CC2. The Morgan fingerprint density at radius 2 is 1.71 bits per heavy atom. The highest BCUT2D eigenvalue weighted by Gasteiger charge is 2.57. The maximum atomic E-state index is 12.7. The average molecular weight is 487 g/mol. The summed E-state index contributed by atoms with van der Waals surface area (Å²) >= 11 is 0. The molecule has 0 radical (unpaired) electrons. The number of carboxylic acid groups (broad SMARTS) is 1. The third-order valence-corrected chi connectivity index (χ3v) is 8.70. The van der Waals surface area contributed by atoms with Gasteiger partial charge in [-0.25, -0.2) is 4.79 Å². The molecule has 5 nitrogen and oxygen atoms in total. The van der Waals surface area contributed by atoms with E-state index in [-0.39, 0.29) is 23.2 Å². The minimum atomic E-state index is -4.72. The Balaban J connectivity index is 1.32. The lowest BCUT2D eigenvalue weighted by molar-refractivity contribution is -0.274. The van der Waals surface area contributed by atoms with E-state index >= 15 is 0 Å². The molecule has 1 saturated carbocycles. The molecule has 1 amide bonds. The van der Waals surface area contributed by atoms with Crippen molar-refractivity contribution in [3.05, 3.63) is 53.6 Å². The second-order valence-corrected chi connectivity index (χ2v) is 10.6. The van der Waals surface area contributed by atoms with E-state index in [0.717, 1.165) is 80.4 Å². The highest BCUT2D eigenvalue weighted by molar-refractivity contribution is 5.69. The second-order valence-electron chi connectivity index (χ2n) is 10.6. The zero-order chi connectivity index (χ0) is 24.4. The van der Waals surface area contributed by atoms with Gasteiger partial charge in [0.2, 0.25) is 0 Å². The molecule has 8 heteroatoms. The Labute approximate surface area is 202 Å². The number of halogens is 3. The van der Waals surface area contributed by atoms with Gasteiger partial charge < -0.3 is 14.7 Å². The van der Waals surface area contributed by atoms with Gasteiger partial charge in [-0.3, -0.25) is 4.90 Å². The summed E-state index contributed by atoms with van der Waals surface area (Å²) in [6.07, 6.45) is 0.570. The number of fused-ring (bicyclic) bond motifs is 4. The summed E-state index contributed by atoms with van der Waals surface area (Å²) < 4.78 is 41.5. The summed E-state index contributed by atoms with van der Waals surface area (Å²) in [7, 11) is 0. The number of hydrogen-bond donors (Lipinski definition) is 1. The number of benzene rings is 2. The zero-order valence-corrected chi connectivity index (χ0v) is 19.4. The van der Waals surface area contributed by atoms with Crippen molar-refractivity contribution in [2.45, 2.75) is 57.0 Å². The number of aryl methyl sites for hydroxylation is 1. The predicted octanol–water partition coefficient (Wildman–Crippen LogP) is 6.09. The number of alkyl halides is 3. The number of piperidine rings is 3. The van der Waals surface area contributed by atoms with Crippen molar-refractivity contribution in [2.24, 2.45) is 11.3 Å².